The third kappa shape index (κ3) is 6.66. The molecule has 0 atom stereocenters. The molecule has 1 aliphatic heterocycles. The van der Waals surface area contributed by atoms with Crippen LogP contribution in [0.15, 0.2) is 36.0 Å². The molecule has 2 rings (SSSR count). The fourth-order valence-electron chi connectivity index (χ4n) is 2.84. The van der Waals surface area contributed by atoms with E-state index in [0.29, 0.717) is 32.5 Å². The number of ether oxygens (including phenoxy) is 1. The molecular formula is C20H26N4O3. The molecule has 7 heteroatoms. The molecule has 0 radical (unpaired) electrons. The quantitative estimate of drug-likeness (QED) is 0.368. The summed E-state index contributed by atoms with van der Waals surface area (Å²) in [5.41, 5.74) is 1.18. The monoisotopic (exact) mass is 370 g/mol. The van der Waals surface area contributed by atoms with Crippen LogP contribution in [0.1, 0.15) is 24.8 Å². The average Bonchev–Trinajstić information content (AvgIpc) is 3.10. The van der Waals surface area contributed by atoms with Crippen LogP contribution in [0, 0.1) is 11.3 Å². The number of likely N-dealkylation sites (tertiary alicyclic amines) is 1. The molecule has 144 valence electrons. The molecular weight excluding hydrogens is 344 g/mol. The Morgan fingerprint density at radius 3 is 2.74 bits per heavy atom. The summed E-state index contributed by atoms with van der Waals surface area (Å²) in [6.45, 7) is 2.49. The summed E-state index contributed by atoms with van der Waals surface area (Å²) in [5, 5.41) is 14.9. The van der Waals surface area contributed by atoms with E-state index in [4.69, 9.17) is 10.00 Å². The first kappa shape index (κ1) is 20.3. The van der Waals surface area contributed by atoms with Crippen LogP contribution < -0.4 is 15.4 Å². The van der Waals surface area contributed by atoms with Gasteiger partial charge in [-0.15, -0.1) is 0 Å². The van der Waals surface area contributed by atoms with Crippen LogP contribution in [0.2, 0.25) is 0 Å². The van der Waals surface area contributed by atoms with E-state index >= 15 is 0 Å². The van der Waals surface area contributed by atoms with Crippen molar-refractivity contribution < 1.29 is 14.3 Å². The summed E-state index contributed by atoms with van der Waals surface area (Å²) in [5.74, 6) is 0.589. The third-order valence-corrected chi connectivity index (χ3v) is 4.39. The average molecular weight is 370 g/mol. The molecule has 0 unspecified atom stereocenters. The zero-order valence-electron chi connectivity index (χ0n) is 15.7. The van der Waals surface area contributed by atoms with Crippen molar-refractivity contribution in [3.8, 4) is 11.8 Å². The number of carbonyl (C=O) groups is 2. The van der Waals surface area contributed by atoms with E-state index in [2.05, 4.69) is 10.6 Å². The third-order valence-electron chi connectivity index (χ3n) is 4.39. The van der Waals surface area contributed by atoms with E-state index in [0.717, 1.165) is 30.7 Å². The van der Waals surface area contributed by atoms with Gasteiger partial charge in [0, 0.05) is 38.8 Å². The van der Waals surface area contributed by atoms with E-state index in [1.807, 2.05) is 35.2 Å². The minimum absolute atomic E-state index is 0.0435. The molecule has 2 N–H and O–H groups in total. The molecule has 1 aliphatic rings. The van der Waals surface area contributed by atoms with Gasteiger partial charge in [-0.05, 0) is 37.0 Å². The fraction of sp³-hybridized carbons (Fsp3) is 0.450. The first-order valence-electron chi connectivity index (χ1n) is 9.16. The number of rotatable bonds is 10. The highest BCUT2D eigenvalue weighted by Gasteiger charge is 2.19. The van der Waals surface area contributed by atoms with Gasteiger partial charge in [0.25, 0.3) is 5.91 Å². The first-order valence-corrected chi connectivity index (χ1v) is 9.16. The molecule has 0 aromatic heterocycles. The van der Waals surface area contributed by atoms with E-state index < -0.39 is 5.91 Å². The molecule has 7 nitrogen and oxygen atoms in total. The lowest BCUT2D eigenvalue weighted by Gasteiger charge is -2.15. The summed E-state index contributed by atoms with van der Waals surface area (Å²) in [6.07, 6.45) is 4.43. The molecule has 1 heterocycles. The van der Waals surface area contributed by atoms with Gasteiger partial charge in [-0.3, -0.25) is 9.59 Å². The highest BCUT2D eigenvalue weighted by atomic mass is 16.5. The summed E-state index contributed by atoms with van der Waals surface area (Å²) < 4.78 is 5.12. The SMILES string of the molecule is COc1ccc(CCN/C=C(/C#N)C(=O)NCCCN2CCCC2=O)cc1. The maximum absolute atomic E-state index is 12.0. The zero-order chi connectivity index (χ0) is 19.5. The van der Waals surface area contributed by atoms with Gasteiger partial charge in [0.05, 0.1) is 7.11 Å². The second-order valence-electron chi connectivity index (χ2n) is 6.32. The smallest absolute Gasteiger partial charge is 0.263 e. The Labute approximate surface area is 160 Å². The second-order valence-corrected chi connectivity index (χ2v) is 6.32. The van der Waals surface area contributed by atoms with Crippen LogP contribution in [0.3, 0.4) is 0 Å². The molecule has 1 aromatic rings. The predicted molar refractivity (Wildman–Crippen MR) is 102 cm³/mol. The number of benzene rings is 1. The van der Waals surface area contributed by atoms with Crippen molar-refractivity contribution in [1.82, 2.24) is 15.5 Å². The topological polar surface area (TPSA) is 94.5 Å². The Hall–Kier alpha value is -3.01. The van der Waals surface area contributed by atoms with Crippen LogP contribution in [0.4, 0.5) is 0 Å². The van der Waals surface area contributed by atoms with Crippen LogP contribution in [0.5, 0.6) is 5.75 Å². The van der Waals surface area contributed by atoms with Crippen molar-refractivity contribution in [1.29, 1.82) is 5.26 Å². The summed E-state index contributed by atoms with van der Waals surface area (Å²) in [6, 6.07) is 9.66. The molecule has 0 aliphatic carbocycles. The molecule has 0 bridgehead atoms. The number of methoxy groups -OCH3 is 1. The number of carbonyl (C=O) groups excluding carboxylic acids is 2. The first-order chi connectivity index (χ1) is 13.1. The highest BCUT2D eigenvalue weighted by molar-refractivity contribution is 5.97. The normalized spacial score (nSPS) is 14.0. The number of hydrogen-bond acceptors (Lipinski definition) is 5. The maximum Gasteiger partial charge on any atom is 0.263 e. The van der Waals surface area contributed by atoms with Gasteiger partial charge in [-0.2, -0.15) is 5.26 Å². The largest absolute Gasteiger partial charge is 0.497 e. The van der Waals surface area contributed by atoms with Crippen molar-refractivity contribution in [2.75, 3.05) is 33.3 Å². The molecule has 1 saturated heterocycles. The van der Waals surface area contributed by atoms with Crippen molar-refractivity contribution in [3.05, 3.63) is 41.6 Å². The van der Waals surface area contributed by atoms with Crippen LogP contribution in [-0.4, -0.2) is 50.0 Å². The van der Waals surface area contributed by atoms with Crippen LogP contribution in [-0.2, 0) is 16.0 Å². The lowest BCUT2D eigenvalue weighted by Crippen LogP contribution is -2.31. The van der Waals surface area contributed by atoms with Crippen LogP contribution >= 0.6 is 0 Å². The van der Waals surface area contributed by atoms with Gasteiger partial charge < -0.3 is 20.3 Å². The predicted octanol–water partition coefficient (Wildman–Crippen LogP) is 1.36. The molecule has 1 aromatic carbocycles. The van der Waals surface area contributed by atoms with Gasteiger partial charge in [-0.25, -0.2) is 0 Å². The fourth-order valence-corrected chi connectivity index (χ4v) is 2.84. The molecule has 1 fully saturated rings. The standard InChI is InChI=1S/C20H26N4O3/c1-27-18-7-5-16(6-8-18)9-11-22-15-17(14-21)20(26)23-10-3-13-24-12-2-4-19(24)25/h5-8,15,22H,2-4,9-13H2,1H3,(H,23,26)/b17-15-. The molecule has 0 spiro atoms. The Morgan fingerprint density at radius 2 is 2.11 bits per heavy atom. The Balaban J connectivity index is 1.66. The summed E-state index contributed by atoms with van der Waals surface area (Å²) in [4.78, 5) is 25.4. The minimum Gasteiger partial charge on any atom is -0.497 e. The lowest BCUT2D eigenvalue weighted by molar-refractivity contribution is -0.127. The number of nitrogens with one attached hydrogen (secondary N) is 2. The zero-order valence-corrected chi connectivity index (χ0v) is 15.7. The van der Waals surface area contributed by atoms with Crippen LogP contribution in [0.25, 0.3) is 0 Å². The number of nitriles is 1. The van der Waals surface area contributed by atoms with Crippen molar-refractivity contribution in [3.63, 3.8) is 0 Å². The van der Waals surface area contributed by atoms with Crippen molar-refractivity contribution >= 4 is 11.8 Å². The summed E-state index contributed by atoms with van der Waals surface area (Å²) >= 11 is 0. The van der Waals surface area contributed by atoms with E-state index in [1.54, 1.807) is 7.11 Å². The number of amides is 2. The van der Waals surface area contributed by atoms with Gasteiger partial charge in [0.15, 0.2) is 0 Å². The van der Waals surface area contributed by atoms with E-state index in [1.165, 1.54) is 6.20 Å². The van der Waals surface area contributed by atoms with Gasteiger partial charge in [0.1, 0.15) is 17.4 Å². The highest BCUT2D eigenvalue weighted by Crippen LogP contribution is 2.11. The minimum atomic E-state index is -0.401. The van der Waals surface area contributed by atoms with E-state index in [-0.39, 0.29) is 11.5 Å². The lowest BCUT2D eigenvalue weighted by atomic mass is 10.1. The molecule has 0 saturated carbocycles. The van der Waals surface area contributed by atoms with Crippen molar-refractivity contribution in [2.24, 2.45) is 0 Å². The molecule has 2 amide bonds. The number of hydrogen-bond donors (Lipinski definition) is 2. The Kier molecular flexibility index (Phi) is 8.17. The van der Waals surface area contributed by atoms with E-state index in [9.17, 15) is 9.59 Å². The second kappa shape index (κ2) is 10.9. The Bertz CT molecular complexity index is 707. The maximum atomic E-state index is 12.0. The Morgan fingerprint density at radius 1 is 1.33 bits per heavy atom. The summed E-state index contributed by atoms with van der Waals surface area (Å²) in [7, 11) is 1.63. The number of nitrogens with zero attached hydrogens (tertiary/aromatic N) is 2. The van der Waals surface area contributed by atoms with Gasteiger partial charge in [-0.1, -0.05) is 12.1 Å². The van der Waals surface area contributed by atoms with Gasteiger partial charge >= 0.3 is 0 Å². The molecule has 27 heavy (non-hydrogen) atoms. The van der Waals surface area contributed by atoms with Crippen molar-refractivity contribution in [2.45, 2.75) is 25.7 Å². The van der Waals surface area contributed by atoms with Gasteiger partial charge in [0.2, 0.25) is 5.91 Å².